The number of hydrogen-bond acceptors (Lipinski definition) is 4. The molecule has 0 bridgehead atoms. The van der Waals surface area contributed by atoms with Crippen LogP contribution in [-0.4, -0.2) is 26.4 Å². The summed E-state index contributed by atoms with van der Waals surface area (Å²) in [5.74, 6) is -2.04. The normalized spacial score (nSPS) is 11.6. The first-order valence-electron chi connectivity index (χ1n) is 5.02. The van der Waals surface area contributed by atoms with Gasteiger partial charge in [0.05, 0.1) is 5.56 Å². The fraction of sp³-hybridized carbons (Fsp3) is 0.100. The lowest BCUT2D eigenvalue weighted by Gasteiger charge is -2.12. The zero-order valence-corrected chi connectivity index (χ0v) is 11.1. The number of phenolic OH excluding ortho intramolecular Hbond substituents is 1. The molecule has 4 N–H and O–H groups in total. The number of halogens is 4. The van der Waals surface area contributed by atoms with E-state index in [0.29, 0.717) is 6.07 Å². The van der Waals surface area contributed by atoms with Gasteiger partial charge in [-0.25, -0.2) is 0 Å². The molecule has 0 aliphatic carbocycles. The molecule has 0 fully saturated rings. The molecule has 1 amide bonds. The zero-order chi connectivity index (χ0) is 15.1. The molecule has 106 valence electrons. The van der Waals surface area contributed by atoms with Crippen molar-refractivity contribution in [3.8, 4) is 17.0 Å². The number of primary amides is 1. The summed E-state index contributed by atoms with van der Waals surface area (Å²) in [7, 11) is 0. The summed E-state index contributed by atoms with van der Waals surface area (Å²) in [6, 6.07) is 1.89. The molecule has 0 spiro atoms. The Labute approximate surface area is 117 Å². The van der Waals surface area contributed by atoms with Crippen molar-refractivity contribution >= 4 is 21.8 Å². The molecule has 1 aromatic heterocycles. The highest BCUT2D eigenvalue weighted by atomic mass is 79.9. The van der Waals surface area contributed by atoms with Crippen LogP contribution in [0.5, 0.6) is 5.75 Å². The Balaban J connectivity index is 2.72. The summed E-state index contributed by atoms with van der Waals surface area (Å²) in [5.41, 5.74) is 2.83. The molecule has 0 saturated heterocycles. The van der Waals surface area contributed by atoms with Gasteiger partial charge in [0.1, 0.15) is 11.4 Å². The third kappa shape index (κ3) is 2.46. The molecule has 20 heavy (non-hydrogen) atoms. The van der Waals surface area contributed by atoms with Crippen molar-refractivity contribution in [3.05, 3.63) is 27.9 Å². The highest BCUT2D eigenvalue weighted by molar-refractivity contribution is 9.10. The van der Waals surface area contributed by atoms with Crippen LogP contribution in [0.15, 0.2) is 16.6 Å². The van der Waals surface area contributed by atoms with E-state index in [1.54, 1.807) is 0 Å². The van der Waals surface area contributed by atoms with E-state index in [9.17, 15) is 23.1 Å². The van der Waals surface area contributed by atoms with Crippen LogP contribution in [0, 0.1) is 0 Å². The fourth-order valence-corrected chi connectivity index (χ4v) is 2.04. The number of amides is 1. The number of benzene rings is 1. The minimum absolute atomic E-state index is 0.0519. The predicted molar refractivity (Wildman–Crippen MR) is 64.7 cm³/mol. The van der Waals surface area contributed by atoms with Gasteiger partial charge in [-0.15, -0.1) is 0 Å². The Morgan fingerprint density at radius 3 is 2.55 bits per heavy atom. The molecular formula is C10H6BrF3N4O2. The number of aromatic amines is 1. The van der Waals surface area contributed by atoms with Gasteiger partial charge in [0.15, 0.2) is 5.69 Å². The van der Waals surface area contributed by atoms with Crippen molar-refractivity contribution in [2.75, 3.05) is 0 Å². The maximum absolute atomic E-state index is 12.8. The molecule has 0 radical (unpaired) electrons. The van der Waals surface area contributed by atoms with E-state index >= 15 is 0 Å². The average molecular weight is 351 g/mol. The second-order valence-electron chi connectivity index (χ2n) is 3.73. The van der Waals surface area contributed by atoms with Crippen molar-refractivity contribution in [2.24, 2.45) is 5.73 Å². The summed E-state index contributed by atoms with van der Waals surface area (Å²) in [6.07, 6.45) is -4.76. The van der Waals surface area contributed by atoms with E-state index in [1.807, 2.05) is 0 Å². The summed E-state index contributed by atoms with van der Waals surface area (Å²) in [4.78, 5) is 11.1. The van der Waals surface area contributed by atoms with E-state index in [1.165, 1.54) is 6.07 Å². The fourth-order valence-electron chi connectivity index (χ4n) is 1.59. The van der Waals surface area contributed by atoms with E-state index in [-0.39, 0.29) is 21.4 Å². The number of rotatable bonds is 2. The average Bonchev–Trinajstić information content (AvgIpc) is 2.79. The maximum atomic E-state index is 12.8. The van der Waals surface area contributed by atoms with Crippen molar-refractivity contribution in [1.29, 1.82) is 0 Å². The molecule has 1 aromatic carbocycles. The van der Waals surface area contributed by atoms with Crippen LogP contribution in [0.2, 0.25) is 0 Å². The number of carbonyl (C=O) groups is 1. The number of phenols is 1. The molecule has 6 nitrogen and oxygen atoms in total. The topological polar surface area (TPSA) is 105 Å². The monoisotopic (exact) mass is 350 g/mol. The molecule has 0 unspecified atom stereocenters. The van der Waals surface area contributed by atoms with Gasteiger partial charge in [0, 0.05) is 10.0 Å². The highest BCUT2D eigenvalue weighted by Gasteiger charge is 2.36. The summed E-state index contributed by atoms with van der Waals surface area (Å²) in [6.45, 7) is 0. The molecule has 0 atom stereocenters. The number of aromatic nitrogens is 3. The molecule has 1 heterocycles. The first-order valence-corrected chi connectivity index (χ1v) is 5.81. The van der Waals surface area contributed by atoms with Gasteiger partial charge in [0.25, 0.3) is 5.91 Å². The molecular weight excluding hydrogens is 345 g/mol. The zero-order valence-electron chi connectivity index (χ0n) is 9.49. The molecule has 0 aliphatic rings. The van der Waals surface area contributed by atoms with E-state index in [2.05, 4.69) is 31.3 Å². The van der Waals surface area contributed by atoms with Crippen LogP contribution in [0.4, 0.5) is 13.2 Å². The minimum atomic E-state index is -4.76. The van der Waals surface area contributed by atoms with Crippen molar-refractivity contribution in [3.63, 3.8) is 0 Å². The minimum Gasteiger partial charge on any atom is -0.507 e. The Hall–Kier alpha value is -2.10. The SMILES string of the molecule is NC(=O)c1n[nH]nc1-c1cc(Br)cc(C(F)(F)F)c1O. The standard InChI is InChI=1S/C10H6BrF3N4O2/c11-3-1-4(6-7(9(15)20)17-18-16-6)8(19)5(2-3)10(12,13)14/h1-2,19H,(H2,15,20)(H,16,17,18). The van der Waals surface area contributed by atoms with Crippen LogP contribution in [0.25, 0.3) is 11.3 Å². The Kier molecular flexibility index (Phi) is 3.42. The van der Waals surface area contributed by atoms with Gasteiger partial charge in [-0.3, -0.25) is 4.79 Å². The molecule has 2 rings (SSSR count). The second kappa shape index (κ2) is 4.78. The Morgan fingerprint density at radius 2 is 2.00 bits per heavy atom. The number of nitrogens with one attached hydrogen (secondary N) is 1. The quantitative estimate of drug-likeness (QED) is 0.770. The predicted octanol–water partition coefficient (Wildman–Crippen LogP) is 2.06. The van der Waals surface area contributed by atoms with Crippen molar-refractivity contribution < 1.29 is 23.1 Å². The molecule has 2 aromatic rings. The van der Waals surface area contributed by atoms with E-state index in [0.717, 1.165) is 0 Å². The first-order chi connectivity index (χ1) is 9.21. The third-order valence-corrected chi connectivity index (χ3v) is 2.87. The van der Waals surface area contributed by atoms with Crippen LogP contribution in [0.3, 0.4) is 0 Å². The summed E-state index contributed by atoms with van der Waals surface area (Å²) < 4.78 is 38.4. The van der Waals surface area contributed by atoms with Crippen molar-refractivity contribution in [1.82, 2.24) is 15.4 Å². The second-order valence-corrected chi connectivity index (χ2v) is 4.65. The molecule has 10 heteroatoms. The van der Waals surface area contributed by atoms with Gasteiger partial charge < -0.3 is 10.8 Å². The summed E-state index contributed by atoms with van der Waals surface area (Å²) in [5, 5.41) is 18.8. The van der Waals surface area contributed by atoms with Gasteiger partial charge >= 0.3 is 6.18 Å². The largest absolute Gasteiger partial charge is 0.507 e. The van der Waals surface area contributed by atoms with Crippen LogP contribution in [0.1, 0.15) is 16.1 Å². The number of nitrogens with two attached hydrogens (primary N) is 1. The number of H-pyrrole nitrogens is 1. The number of alkyl halides is 3. The molecule has 0 aliphatic heterocycles. The lowest BCUT2D eigenvalue weighted by molar-refractivity contribution is -0.138. The Bertz CT molecular complexity index is 684. The third-order valence-electron chi connectivity index (χ3n) is 2.42. The summed E-state index contributed by atoms with van der Waals surface area (Å²) >= 11 is 2.90. The van der Waals surface area contributed by atoms with Crippen molar-refractivity contribution in [2.45, 2.75) is 6.18 Å². The van der Waals surface area contributed by atoms with Crippen LogP contribution >= 0.6 is 15.9 Å². The van der Waals surface area contributed by atoms with Crippen LogP contribution in [-0.2, 0) is 6.18 Å². The lowest BCUT2D eigenvalue weighted by atomic mass is 10.0. The maximum Gasteiger partial charge on any atom is 0.420 e. The number of hydrogen-bond donors (Lipinski definition) is 3. The number of nitrogens with zero attached hydrogens (tertiary/aromatic N) is 2. The Morgan fingerprint density at radius 1 is 1.35 bits per heavy atom. The lowest BCUT2D eigenvalue weighted by Crippen LogP contribution is -2.13. The molecule has 0 saturated carbocycles. The van der Waals surface area contributed by atoms with E-state index in [4.69, 9.17) is 5.73 Å². The van der Waals surface area contributed by atoms with Gasteiger partial charge in [-0.1, -0.05) is 15.9 Å². The number of aromatic hydroxyl groups is 1. The van der Waals surface area contributed by atoms with Gasteiger partial charge in [0.2, 0.25) is 0 Å². The van der Waals surface area contributed by atoms with E-state index < -0.39 is 23.4 Å². The van der Waals surface area contributed by atoms with Gasteiger partial charge in [-0.05, 0) is 12.1 Å². The number of carbonyl (C=O) groups excluding carboxylic acids is 1. The van der Waals surface area contributed by atoms with Gasteiger partial charge in [-0.2, -0.15) is 28.6 Å². The smallest absolute Gasteiger partial charge is 0.420 e. The first kappa shape index (κ1) is 14.3. The highest BCUT2D eigenvalue weighted by Crippen LogP contribution is 2.43. The van der Waals surface area contributed by atoms with Crippen LogP contribution < -0.4 is 5.73 Å².